The predicted molar refractivity (Wildman–Crippen MR) is 85.5 cm³/mol. The van der Waals surface area contributed by atoms with Crippen LogP contribution in [0.3, 0.4) is 0 Å². The fraction of sp³-hybridized carbons (Fsp3) is 0.333. The SMILES string of the molecule is COCCCNC(=O)/C(C#N)=C\c1cc(OC)c(O)cc1Br. The minimum absolute atomic E-state index is 0.0333. The molecule has 0 spiro atoms. The third-order valence-corrected chi connectivity index (χ3v) is 3.46. The van der Waals surface area contributed by atoms with Crippen LogP contribution in [0.1, 0.15) is 12.0 Å². The van der Waals surface area contributed by atoms with Gasteiger partial charge in [0, 0.05) is 24.7 Å². The number of hydrogen-bond acceptors (Lipinski definition) is 5. The lowest BCUT2D eigenvalue weighted by atomic mass is 10.1. The van der Waals surface area contributed by atoms with Crippen LogP contribution < -0.4 is 10.1 Å². The lowest BCUT2D eigenvalue weighted by Gasteiger charge is -2.07. The molecule has 0 heterocycles. The van der Waals surface area contributed by atoms with Crippen molar-refractivity contribution < 1.29 is 19.4 Å². The number of nitrogens with zero attached hydrogens (tertiary/aromatic N) is 1. The van der Waals surface area contributed by atoms with Crippen molar-refractivity contribution >= 4 is 27.9 Å². The average Bonchev–Trinajstić information content (AvgIpc) is 2.50. The van der Waals surface area contributed by atoms with Crippen LogP contribution in [0.2, 0.25) is 0 Å². The molecule has 22 heavy (non-hydrogen) atoms. The van der Waals surface area contributed by atoms with Crippen LogP contribution in [0, 0.1) is 11.3 Å². The van der Waals surface area contributed by atoms with Gasteiger partial charge in [0.2, 0.25) is 0 Å². The number of nitriles is 1. The number of phenols is 1. The second-order valence-corrected chi connectivity index (χ2v) is 5.17. The zero-order chi connectivity index (χ0) is 16.5. The molecular weight excluding hydrogens is 352 g/mol. The van der Waals surface area contributed by atoms with Crippen LogP contribution in [0.5, 0.6) is 11.5 Å². The molecule has 0 saturated heterocycles. The van der Waals surface area contributed by atoms with Gasteiger partial charge in [0.15, 0.2) is 11.5 Å². The number of aromatic hydroxyl groups is 1. The van der Waals surface area contributed by atoms with Gasteiger partial charge in [0.25, 0.3) is 5.91 Å². The van der Waals surface area contributed by atoms with Crippen LogP contribution in [-0.4, -0.2) is 38.4 Å². The topological polar surface area (TPSA) is 91.6 Å². The summed E-state index contributed by atoms with van der Waals surface area (Å²) in [6.07, 6.45) is 2.09. The number of benzene rings is 1. The summed E-state index contributed by atoms with van der Waals surface area (Å²) < 4.78 is 10.4. The first kappa shape index (κ1) is 18.0. The second-order valence-electron chi connectivity index (χ2n) is 4.32. The molecule has 1 aromatic carbocycles. The van der Waals surface area contributed by atoms with E-state index < -0.39 is 5.91 Å². The molecule has 1 aromatic rings. The Kier molecular flexibility index (Phi) is 7.43. The molecule has 118 valence electrons. The Morgan fingerprint density at radius 2 is 2.23 bits per heavy atom. The molecular formula is C15H17BrN2O4. The van der Waals surface area contributed by atoms with Gasteiger partial charge < -0.3 is 19.9 Å². The Bertz CT molecular complexity index is 608. The van der Waals surface area contributed by atoms with E-state index in [4.69, 9.17) is 14.7 Å². The molecule has 0 radical (unpaired) electrons. The van der Waals surface area contributed by atoms with Crippen molar-refractivity contribution in [1.29, 1.82) is 5.26 Å². The van der Waals surface area contributed by atoms with Crippen molar-refractivity contribution in [3.05, 3.63) is 27.7 Å². The van der Waals surface area contributed by atoms with Gasteiger partial charge in [-0.1, -0.05) is 15.9 Å². The van der Waals surface area contributed by atoms with Gasteiger partial charge in [0.05, 0.1) is 7.11 Å². The van der Waals surface area contributed by atoms with Crippen molar-refractivity contribution in [3.8, 4) is 17.6 Å². The third-order valence-electron chi connectivity index (χ3n) is 2.77. The highest BCUT2D eigenvalue weighted by Gasteiger charge is 2.12. The largest absolute Gasteiger partial charge is 0.504 e. The van der Waals surface area contributed by atoms with E-state index in [2.05, 4.69) is 21.2 Å². The highest BCUT2D eigenvalue weighted by Crippen LogP contribution is 2.33. The van der Waals surface area contributed by atoms with Gasteiger partial charge in [-0.2, -0.15) is 5.26 Å². The summed E-state index contributed by atoms with van der Waals surface area (Å²) in [6.45, 7) is 0.957. The zero-order valence-corrected chi connectivity index (χ0v) is 13.9. The summed E-state index contributed by atoms with van der Waals surface area (Å²) in [5.41, 5.74) is 0.518. The maximum atomic E-state index is 11.9. The smallest absolute Gasteiger partial charge is 0.261 e. The molecule has 0 unspecified atom stereocenters. The van der Waals surface area contributed by atoms with E-state index in [1.807, 2.05) is 6.07 Å². The molecule has 2 N–H and O–H groups in total. The normalized spacial score (nSPS) is 10.9. The van der Waals surface area contributed by atoms with Crippen molar-refractivity contribution in [3.63, 3.8) is 0 Å². The standard InChI is InChI=1S/C15H17BrN2O4/c1-21-5-3-4-18-15(20)11(9-17)6-10-7-14(22-2)13(19)8-12(10)16/h6-8,19H,3-5H2,1-2H3,(H,18,20)/b11-6-. The van der Waals surface area contributed by atoms with E-state index in [1.165, 1.54) is 25.3 Å². The minimum atomic E-state index is -0.461. The van der Waals surface area contributed by atoms with Crippen LogP contribution in [0.25, 0.3) is 6.08 Å². The zero-order valence-electron chi connectivity index (χ0n) is 12.4. The Morgan fingerprint density at radius 3 is 2.82 bits per heavy atom. The maximum Gasteiger partial charge on any atom is 0.261 e. The van der Waals surface area contributed by atoms with E-state index in [-0.39, 0.29) is 17.1 Å². The molecule has 0 aliphatic carbocycles. The Balaban J connectivity index is 2.93. The molecule has 0 aromatic heterocycles. The quantitative estimate of drug-likeness (QED) is 0.437. The molecule has 0 aliphatic heterocycles. The first-order chi connectivity index (χ1) is 10.5. The number of amides is 1. The first-order valence-electron chi connectivity index (χ1n) is 6.49. The molecule has 0 atom stereocenters. The fourth-order valence-electron chi connectivity index (χ4n) is 1.65. The predicted octanol–water partition coefficient (Wildman–Crippen LogP) is 2.22. The fourth-order valence-corrected chi connectivity index (χ4v) is 2.10. The van der Waals surface area contributed by atoms with E-state index in [1.54, 1.807) is 7.11 Å². The lowest BCUT2D eigenvalue weighted by molar-refractivity contribution is -0.117. The van der Waals surface area contributed by atoms with Crippen LogP contribution in [0.15, 0.2) is 22.2 Å². The van der Waals surface area contributed by atoms with Crippen molar-refractivity contribution in [2.75, 3.05) is 27.4 Å². The molecule has 0 bridgehead atoms. The molecule has 1 rings (SSSR count). The lowest BCUT2D eigenvalue weighted by Crippen LogP contribution is -2.26. The van der Waals surface area contributed by atoms with Gasteiger partial charge in [-0.15, -0.1) is 0 Å². The molecule has 0 saturated carbocycles. The summed E-state index contributed by atoms with van der Waals surface area (Å²) in [5, 5.41) is 21.4. The van der Waals surface area contributed by atoms with Gasteiger partial charge in [-0.25, -0.2) is 0 Å². The maximum absolute atomic E-state index is 11.9. The van der Waals surface area contributed by atoms with Crippen molar-refractivity contribution in [2.45, 2.75) is 6.42 Å². The summed E-state index contributed by atoms with van der Waals surface area (Å²) in [5.74, 6) is -0.237. The van der Waals surface area contributed by atoms with Gasteiger partial charge in [0.1, 0.15) is 11.6 Å². The van der Waals surface area contributed by atoms with Crippen molar-refractivity contribution in [1.82, 2.24) is 5.32 Å². The average molecular weight is 369 g/mol. The number of carbonyl (C=O) groups excluding carboxylic acids is 1. The number of methoxy groups -OCH3 is 2. The van der Waals surface area contributed by atoms with Gasteiger partial charge in [-0.05, 0) is 30.2 Å². The summed E-state index contributed by atoms with van der Waals surface area (Å²) in [7, 11) is 3.00. The molecule has 1 amide bonds. The number of carbonyl (C=O) groups is 1. The molecule has 6 nitrogen and oxygen atoms in total. The minimum Gasteiger partial charge on any atom is -0.504 e. The first-order valence-corrected chi connectivity index (χ1v) is 7.28. The van der Waals surface area contributed by atoms with Crippen molar-refractivity contribution in [2.24, 2.45) is 0 Å². The highest BCUT2D eigenvalue weighted by atomic mass is 79.9. The number of halogens is 1. The van der Waals surface area contributed by atoms with Gasteiger partial charge >= 0.3 is 0 Å². The monoisotopic (exact) mass is 368 g/mol. The number of nitrogens with one attached hydrogen (secondary N) is 1. The van der Waals surface area contributed by atoms with E-state index in [0.717, 1.165) is 0 Å². The number of phenolic OH excluding ortho intramolecular Hbond substituents is 1. The second kappa shape index (κ2) is 9.07. The van der Waals surface area contributed by atoms with Crippen LogP contribution in [-0.2, 0) is 9.53 Å². The number of hydrogen-bond donors (Lipinski definition) is 2. The Labute approximate surface area is 137 Å². The van der Waals surface area contributed by atoms with E-state index in [0.29, 0.717) is 29.6 Å². The third kappa shape index (κ3) is 5.06. The molecule has 0 fully saturated rings. The molecule has 7 heteroatoms. The van der Waals surface area contributed by atoms with E-state index in [9.17, 15) is 9.90 Å². The summed E-state index contributed by atoms with van der Waals surface area (Å²) >= 11 is 3.27. The van der Waals surface area contributed by atoms with Crippen LogP contribution >= 0.6 is 15.9 Å². The van der Waals surface area contributed by atoms with E-state index >= 15 is 0 Å². The van der Waals surface area contributed by atoms with Gasteiger partial charge in [-0.3, -0.25) is 4.79 Å². The number of rotatable bonds is 7. The van der Waals surface area contributed by atoms with Crippen LogP contribution in [0.4, 0.5) is 0 Å². The Morgan fingerprint density at radius 1 is 1.50 bits per heavy atom. The molecule has 0 aliphatic rings. The summed E-state index contributed by atoms with van der Waals surface area (Å²) in [4.78, 5) is 11.9. The highest BCUT2D eigenvalue weighted by molar-refractivity contribution is 9.10. The Hall–Kier alpha value is -2.04. The number of ether oxygens (including phenoxy) is 2. The summed E-state index contributed by atoms with van der Waals surface area (Å²) in [6, 6.07) is 4.84.